The van der Waals surface area contributed by atoms with E-state index in [0.717, 1.165) is 37.2 Å². The molecule has 3 unspecified atom stereocenters. The Labute approximate surface area is 121 Å². The van der Waals surface area contributed by atoms with Crippen LogP contribution in [0.4, 0.5) is 18.9 Å². The molecule has 3 N–H and O–H groups in total. The lowest BCUT2D eigenvalue weighted by Gasteiger charge is -2.24. The summed E-state index contributed by atoms with van der Waals surface area (Å²) in [5, 5.41) is 9.94. The highest BCUT2D eigenvalue weighted by Gasteiger charge is 2.42. The first-order chi connectivity index (χ1) is 9.90. The van der Waals surface area contributed by atoms with Crippen LogP contribution in [0.3, 0.4) is 0 Å². The fraction of sp³-hybridized carbons (Fsp3) is 0.600. The van der Waals surface area contributed by atoms with Crippen molar-refractivity contribution in [3.8, 4) is 0 Å². The molecule has 3 rings (SSSR count). The molecule has 3 nitrogen and oxygen atoms in total. The molecule has 1 aromatic carbocycles. The Morgan fingerprint density at radius 1 is 1.24 bits per heavy atom. The van der Waals surface area contributed by atoms with Crippen molar-refractivity contribution < 1.29 is 18.3 Å². The molecule has 116 valence electrons. The predicted molar refractivity (Wildman–Crippen MR) is 73.8 cm³/mol. The summed E-state index contributed by atoms with van der Waals surface area (Å²) < 4.78 is 38.3. The minimum absolute atomic E-state index is 0.0770. The molecule has 21 heavy (non-hydrogen) atoms. The first-order valence-corrected chi connectivity index (χ1v) is 7.23. The summed E-state index contributed by atoms with van der Waals surface area (Å²) in [5.74, 6) is 0.672. The number of alkyl halides is 3. The number of nitrogens with two attached hydrogens (primary N) is 1. The van der Waals surface area contributed by atoms with Gasteiger partial charge in [0.25, 0.3) is 0 Å². The quantitative estimate of drug-likeness (QED) is 0.881. The van der Waals surface area contributed by atoms with Crippen LogP contribution in [-0.4, -0.2) is 24.3 Å². The van der Waals surface area contributed by atoms with Gasteiger partial charge in [0, 0.05) is 31.2 Å². The molecule has 1 aliphatic carbocycles. The second-order valence-corrected chi connectivity index (χ2v) is 6.02. The molecule has 1 saturated heterocycles. The van der Waals surface area contributed by atoms with E-state index in [-0.39, 0.29) is 18.6 Å². The lowest BCUT2D eigenvalue weighted by molar-refractivity contribution is -0.137. The van der Waals surface area contributed by atoms with Crippen molar-refractivity contribution in [3.63, 3.8) is 0 Å². The number of hydrogen-bond donors (Lipinski definition) is 2. The molecule has 0 bridgehead atoms. The Morgan fingerprint density at radius 2 is 2.00 bits per heavy atom. The summed E-state index contributed by atoms with van der Waals surface area (Å²) in [6.07, 6.45) is -2.81. The Kier molecular flexibility index (Phi) is 3.61. The number of anilines is 1. The van der Waals surface area contributed by atoms with Gasteiger partial charge in [-0.25, -0.2) is 0 Å². The first kappa shape index (κ1) is 14.7. The summed E-state index contributed by atoms with van der Waals surface area (Å²) in [6.45, 7) is 1.57. The van der Waals surface area contributed by atoms with Gasteiger partial charge in [-0.3, -0.25) is 0 Å². The van der Waals surface area contributed by atoms with Gasteiger partial charge in [0.15, 0.2) is 0 Å². The minimum Gasteiger partial charge on any atom is -0.393 e. The Bertz CT molecular complexity index is 532. The SMILES string of the molecule is NCc1cc(C(F)(F)F)ccc1N1CC2CCC(O)C2C1. The van der Waals surface area contributed by atoms with Crippen molar-refractivity contribution in [1.29, 1.82) is 0 Å². The van der Waals surface area contributed by atoms with Crippen molar-refractivity contribution in [2.45, 2.75) is 31.7 Å². The number of nitrogens with zero attached hydrogens (tertiary/aromatic N) is 1. The second-order valence-electron chi connectivity index (χ2n) is 6.02. The molecule has 1 aromatic rings. The number of benzene rings is 1. The van der Waals surface area contributed by atoms with Crippen molar-refractivity contribution in [3.05, 3.63) is 29.3 Å². The normalized spacial score (nSPS) is 29.0. The summed E-state index contributed by atoms with van der Waals surface area (Å²) in [4.78, 5) is 2.07. The van der Waals surface area contributed by atoms with Crippen LogP contribution >= 0.6 is 0 Å². The largest absolute Gasteiger partial charge is 0.416 e. The smallest absolute Gasteiger partial charge is 0.393 e. The molecular formula is C15H19F3N2O. The zero-order valence-corrected chi connectivity index (χ0v) is 11.6. The second kappa shape index (κ2) is 5.18. The van der Waals surface area contributed by atoms with E-state index in [1.54, 1.807) is 0 Å². The van der Waals surface area contributed by atoms with Gasteiger partial charge in [0.1, 0.15) is 0 Å². The maximum Gasteiger partial charge on any atom is 0.416 e. The molecule has 0 radical (unpaired) electrons. The fourth-order valence-corrected chi connectivity index (χ4v) is 3.67. The average molecular weight is 300 g/mol. The number of halogens is 3. The summed E-state index contributed by atoms with van der Waals surface area (Å²) in [6, 6.07) is 3.76. The van der Waals surface area contributed by atoms with Crippen LogP contribution in [-0.2, 0) is 12.7 Å². The summed E-state index contributed by atoms with van der Waals surface area (Å²) >= 11 is 0. The van der Waals surface area contributed by atoms with Gasteiger partial charge < -0.3 is 15.7 Å². The molecular weight excluding hydrogens is 281 g/mol. The van der Waals surface area contributed by atoms with E-state index < -0.39 is 11.7 Å². The third kappa shape index (κ3) is 2.62. The monoisotopic (exact) mass is 300 g/mol. The highest BCUT2D eigenvalue weighted by molar-refractivity contribution is 5.56. The highest BCUT2D eigenvalue weighted by atomic mass is 19.4. The van der Waals surface area contributed by atoms with Gasteiger partial charge in [0.2, 0.25) is 0 Å². The van der Waals surface area contributed by atoms with E-state index in [9.17, 15) is 18.3 Å². The third-order valence-electron chi connectivity index (χ3n) is 4.79. The molecule has 0 aromatic heterocycles. The lowest BCUT2D eigenvalue weighted by atomic mass is 10.00. The van der Waals surface area contributed by atoms with Crippen LogP contribution in [0.15, 0.2) is 18.2 Å². The van der Waals surface area contributed by atoms with E-state index in [0.29, 0.717) is 18.0 Å². The van der Waals surface area contributed by atoms with Crippen LogP contribution < -0.4 is 10.6 Å². The molecule has 1 aliphatic heterocycles. The van der Waals surface area contributed by atoms with Crippen molar-refractivity contribution >= 4 is 5.69 Å². The number of aliphatic hydroxyl groups excluding tert-OH is 1. The Balaban J connectivity index is 1.86. The van der Waals surface area contributed by atoms with Crippen molar-refractivity contribution in [1.82, 2.24) is 0 Å². The van der Waals surface area contributed by atoms with E-state index in [2.05, 4.69) is 4.90 Å². The number of hydrogen-bond acceptors (Lipinski definition) is 3. The van der Waals surface area contributed by atoms with E-state index in [1.165, 1.54) is 6.07 Å². The lowest BCUT2D eigenvalue weighted by Crippen LogP contribution is -2.26. The van der Waals surface area contributed by atoms with E-state index in [1.807, 2.05) is 0 Å². The summed E-state index contributed by atoms with van der Waals surface area (Å²) in [5.41, 5.74) is 6.25. The topological polar surface area (TPSA) is 49.5 Å². The van der Waals surface area contributed by atoms with Gasteiger partial charge in [0.05, 0.1) is 11.7 Å². The minimum atomic E-state index is -4.35. The van der Waals surface area contributed by atoms with Crippen LogP contribution in [0, 0.1) is 11.8 Å². The highest BCUT2D eigenvalue weighted by Crippen LogP contribution is 2.41. The maximum atomic E-state index is 12.8. The predicted octanol–water partition coefficient (Wildman–Crippen LogP) is 2.37. The summed E-state index contributed by atoms with van der Waals surface area (Å²) in [7, 11) is 0. The third-order valence-corrected chi connectivity index (χ3v) is 4.79. The zero-order chi connectivity index (χ0) is 15.2. The van der Waals surface area contributed by atoms with Gasteiger partial charge >= 0.3 is 6.18 Å². The number of rotatable bonds is 2. The maximum absolute atomic E-state index is 12.8. The molecule has 1 heterocycles. The van der Waals surface area contributed by atoms with Crippen molar-refractivity contribution in [2.75, 3.05) is 18.0 Å². The molecule has 0 amide bonds. The van der Waals surface area contributed by atoms with Crippen molar-refractivity contribution in [2.24, 2.45) is 17.6 Å². The molecule has 2 aliphatic rings. The first-order valence-electron chi connectivity index (χ1n) is 7.23. The molecule has 2 fully saturated rings. The van der Waals surface area contributed by atoms with Gasteiger partial charge in [-0.2, -0.15) is 13.2 Å². The Hall–Kier alpha value is -1.27. The van der Waals surface area contributed by atoms with E-state index in [4.69, 9.17) is 5.73 Å². The van der Waals surface area contributed by atoms with Crippen LogP contribution in [0.25, 0.3) is 0 Å². The van der Waals surface area contributed by atoms with Crippen LogP contribution in [0.1, 0.15) is 24.0 Å². The molecule has 0 spiro atoms. The average Bonchev–Trinajstić information content (AvgIpc) is 2.99. The van der Waals surface area contributed by atoms with Crippen LogP contribution in [0.2, 0.25) is 0 Å². The molecule has 1 saturated carbocycles. The number of fused-ring (bicyclic) bond motifs is 1. The van der Waals surface area contributed by atoms with Gasteiger partial charge in [-0.15, -0.1) is 0 Å². The standard InChI is InChI=1S/C15H19F3N2O/c16-15(17,18)11-2-3-13(10(5-11)6-19)20-7-9-1-4-14(21)12(9)8-20/h2-3,5,9,12,14,21H,1,4,6-8,19H2. The van der Waals surface area contributed by atoms with Gasteiger partial charge in [-0.05, 0) is 42.5 Å². The molecule has 3 atom stereocenters. The van der Waals surface area contributed by atoms with Gasteiger partial charge in [-0.1, -0.05) is 0 Å². The Morgan fingerprint density at radius 3 is 2.62 bits per heavy atom. The zero-order valence-electron chi connectivity index (χ0n) is 11.6. The molecule has 6 heteroatoms. The van der Waals surface area contributed by atoms with Crippen LogP contribution in [0.5, 0.6) is 0 Å². The number of aliphatic hydroxyl groups is 1. The fourth-order valence-electron chi connectivity index (χ4n) is 3.67. The van der Waals surface area contributed by atoms with E-state index >= 15 is 0 Å².